The lowest BCUT2D eigenvalue weighted by molar-refractivity contribution is -0.141. The highest BCUT2D eigenvalue weighted by atomic mass is 19.4. The Morgan fingerprint density at radius 2 is 1.75 bits per heavy atom. The van der Waals surface area contributed by atoms with Gasteiger partial charge >= 0.3 is 6.18 Å². The quantitative estimate of drug-likeness (QED) is 0.932. The lowest BCUT2D eigenvalue weighted by Gasteiger charge is -2.32. The number of anilines is 1. The molecule has 2 aromatic heterocycles. The molecule has 2 aliphatic rings. The molecule has 1 aliphatic heterocycles. The third-order valence-corrected chi connectivity index (χ3v) is 4.69. The molecule has 8 heteroatoms. The smallest absolute Gasteiger partial charge is 0.357 e. The third kappa shape index (κ3) is 3.09. The summed E-state index contributed by atoms with van der Waals surface area (Å²) in [5.74, 6) is 3.01. The molecule has 1 aliphatic carbocycles. The summed E-state index contributed by atoms with van der Waals surface area (Å²) < 4.78 is 38.4. The Balaban J connectivity index is 1.42. The molecular formula is C16H18F3N5. The highest BCUT2D eigenvalue weighted by molar-refractivity contribution is 5.40. The molecule has 3 heterocycles. The fourth-order valence-corrected chi connectivity index (χ4v) is 3.13. The molecule has 1 saturated heterocycles. The van der Waals surface area contributed by atoms with Crippen LogP contribution >= 0.6 is 0 Å². The zero-order valence-electron chi connectivity index (χ0n) is 13.1. The van der Waals surface area contributed by atoms with Gasteiger partial charge < -0.3 is 4.90 Å². The Morgan fingerprint density at radius 1 is 1.00 bits per heavy atom. The number of aromatic nitrogens is 4. The van der Waals surface area contributed by atoms with E-state index in [0.29, 0.717) is 24.8 Å². The predicted octanol–water partition coefficient (Wildman–Crippen LogP) is 3.48. The van der Waals surface area contributed by atoms with E-state index in [1.165, 1.54) is 6.07 Å². The minimum absolute atomic E-state index is 0.284. The van der Waals surface area contributed by atoms with Crippen molar-refractivity contribution >= 4 is 5.82 Å². The molecule has 5 nitrogen and oxygen atoms in total. The van der Waals surface area contributed by atoms with Crippen LogP contribution in [-0.4, -0.2) is 33.3 Å². The van der Waals surface area contributed by atoms with Crippen LogP contribution in [0.5, 0.6) is 0 Å². The highest BCUT2D eigenvalue weighted by Crippen LogP contribution is 2.39. The van der Waals surface area contributed by atoms with Crippen LogP contribution in [0.1, 0.15) is 54.9 Å². The van der Waals surface area contributed by atoms with Crippen LogP contribution in [0.15, 0.2) is 18.2 Å². The molecule has 0 unspecified atom stereocenters. The molecule has 1 saturated carbocycles. The van der Waals surface area contributed by atoms with Gasteiger partial charge in [0.1, 0.15) is 17.3 Å². The summed E-state index contributed by atoms with van der Waals surface area (Å²) in [6.07, 6.45) is -0.421. The van der Waals surface area contributed by atoms with E-state index < -0.39 is 11.9 Å². The summed E-state index contributed by atoms with van der Waals surface area (Å²) in [4.78, 5) is 10.3. The molecule has 1 N–H and O–H groups in total. The van der Waals surface area contributed by atoms with Crippen molar-refractivity contribution in [2.75, 3.05) is 18.0 Å². The minimum Gasteiger partial charge on any atom is -0.357 e. The summed E-state index contributed by atoms with van der Waals surface area (Å²) in [5.41, 5.74) is -0.841. The van der Waals surface area contributed by atoms with E-state index in [-0.39, 0.29) is 5.92 Å². The number of hydrogen-bond acceptors (Lipinski definition) is 4. The number of alkyl halides is 3. The standard InChI is InChI=1S/C16H18F3N5/c17-16(18,19)12-2-1-3-13(20-12)24-8-6-11(7-9-24)15-21-14(22-23-15)10-4-5-10/h1-3,10-11H,4-9H2,(H,21,22,23). The molecule has 2 aromatic rings. The maximum atomic E-state index is 12.8. The van der Waals surface area contributed by atoms with E-state index in [0.717, 1.165) is 43.4 Å². The van der Waals surface area contributed by atoms with Crippen molar-refractivity contribution in [2.24, 2.45) is 0 Å². The number of pyridine rings is 1. The molecule has 0 radical (unpaired) electrons. The first-order chi connectivity index (χ1) is 11.5. The number of halogens is 3. The first kappa shape index (κ1) is 15.4. The summed E-state index contributed by atoms with van der Waals surface area (Å²) >= 11 is 0. The first-order valence-corrected chi connectivity index (χ1v) is 8.22. The van der Waals surface area contributed by atoms with Crippen molar-refractivity contribution in [1.29, 1.82) is 0 Å². The molecular weight excluding hydrogens is 319 g/mol. The highest BCUT2D eigenvalue weighted by Gasteiger charge is 2.33. The molecule has 128 valence electrons. The van der Waals surface area contributed by atoms with Crippen molar-refractivity contribution in [3.63, 3.8) is 0 Å². The van der Waals surface area contributed by atoms with Crippen molar-refractivity contribution in [1.82, 2.24) is 20.2 Å². The number of hydrogen-bond donors (Lipinski definition) is 1. The second-order valence-electron chi connectivity index (χ2n) is 6.49. The van der Waals surface area contributed by atoms with Crippen LogP contribution in [0, 0.1) is 0 Å². The third-order valence-electron chi connectivity index (χ3n) is 4.69. The second-order valence-corrected chi connectivity index (χ2v) is 6.49. The molecule has 0 aromatic carbocycles. The normalized spacial score (nSPS) is 19.7. The van der Waals surface area contributed by atoms with E-state index in [9.17, 15) is 13.2 Å². The number of piperidine rings is 1. The predicted molar refractivity (Wildman–Crippen MR) is 81.8 cm³/mol. The van der Waals surface area contributed by atoms with Gasteiger partial charge in [0, 0.05) is 24.9 Å². The van der Waals surface area contributed by atoms with Crippen LogP contribution in [0.2, 0.25) is 0 Å². The van der Waals surface area contributed by atoms with Crippen LogP contribution in [0.4, 0.5) is 19.0 Å². The van der Waals surface area contributed by atoms with Gasteiger partial charge in [0.05, 0.1) is 0 Å². The zero-order chi connectivity index (χ0) is 16.7. The van der Waals surface area contributed by atoms with Gasteiger partial charge in [0.25, 0.3) is 0 Å². The number of nitrogens with zero attached hydrogens (tertiary/aromatic N) is 4. The Morgan fingerprint density at radius 3 is 2.42 bits per heavy atom. The average molecular weight is 337 g/mol. The largest absolute Gasteiger partial charge is 0.433 e. The molecule has 0 bridgehead atoms. The number of rotatable bonds is 3. The molecule has 4 rings (SSSR count). The Kier molecular flexibility index (Phi) is 3.69. The van der Waals surface area contributed by atoms with Gasteiger partial charge in [0.2, 0.25) is 0 Å². The van der Waals surface area contributed by atoms with Gasteiger partial charge in [-0.1, -0.05) is 6.07 Å². The van der Waals surface area contributed by atoms with Crippen molar-refractivity contribution in [3.8, 4) is 0 Å². The van der Waals surface area contributed by atoms with E-state index in [2.05, 4.69) is 20.2 Å². The molecule has 0 atom stereocenters. The van der Waals surface area contributed by atoms with Gasteiger partial charge in [0.15, 0.2) is 5.82 Å². The van der Waals surface area contributed by atoms with E-state index in [1.807, 2.05) is 4.90 Å². The monoisotopic (exact) mass is 337 g/mol. The maximum Gasteiger partial charge on any atom is 0.433 e. The molecule has 2 fully saturated rings. The van der Waals surface area contributed by atoms with Crippen LogP contribution < -0.4 is 4.90 Å². The van der Waals surface area contributed by atoms with Crippen LogP contribution in [0.25, 0.3) is 0 Å². The molecule has 0 amide bonds. The lowest BCUT2D eigenvalue weighted by atomic mass is 9.96. The zero-order valence-corrected chi connectivity index (χ0v) is 13.1. The first-order valence-electron chi connectivity index (χ1n) is 8.22. The fourth-order valence-electron chi connectivity index (χ4n) is 3.13. The van der Waals surface area contributed by atoms with E-state index >= 15 is 0 Å². The van der Waals surface area contributed by atoms with E-state index in [1.54, 1.807) is 6.07 Å². The van der Waals surface area contributed by atoms with Crippen LogP contribution in [-0.2, 0) is 6.18 Å². The van der Waals surface area contributed by atoms with Crippen molar-refractivity contribution in [2.45, 2.75) is 43.7 Å². The second kappa shape index (κ2) is 5.75. The van der Waals surface area contributed by atoms with Gasteiger partial charge in [-0.3, -0.25) is 5.10 Å². The maximum absolute atomic E-state index is 12.8. The van der Waals surface area contributed by atoms with Gasteiger partial charge in [-0.05, 0) is 37.8 Å². The average Bonchev–Trinajstić information content (AvgIpc) is 3.32. The minimum atomic E-state index is -4.41. The lowest BCUT2D eigenvalue weighted by Crippen LogP contribution is -2.34. The Hall–Kier alpha value is -2.12. The Labute approximate surface area is 137 Å². The summed E-state index contributed by atoms with van der Waals surface area (Å²) in [6.45, 7) is 1.33. The summed E-state index contributed by atoms with van der Waals surface area (Å²) in [6, 6.07) is 4.05. The molecule has 24 heavy (non-hydrogen) atoms. The summed E-state index contributed by atoms with van der Waals surface area (Å²) in [7, 11) is 0. The van der Waals surface area contributed by atoms with Gasteiger partial charge in [-0.2, -0.15) is 18.3 Å². The molecule has 0 spiro atoms. The number of H-pyrrole nitrogens is 1. The number of nitrogens with one attached hydrogen (secondary N) is 1. The van der Waals surface area contributed by atoms with Crippen LogP contribution in [0.3, 0.4) is 0 Å². The Bertz CT molecular complexity index is 714. The SMILES string of the molecule is FC(F)(F)c1cccc(N2CCC(c3nc(C4CC4)n[nH]3)CC2)n1. The fraction of sp³-hybridized carbons (Fsp3) is 0.562. The number of aromatic amines is 1. The van der Waals surface area contributed by atoms with Gasteiger partial charge in [-0.25, -0.2) is 9.97 Å². The van der Waals surface area contributed by atoms with E-state index in [4.69, 9.17) is 0 Å². The topological polar surface area (TPSA) is 57.7 Å². The van der Waals surface area contributed by atoms with Gasteiger partial charge in [-0.15, -0.1) is 0 Å². The van der Waals surface area contributed by atoms with Crippen molar-refractivity contribution < 1.29 is 13.2 Å². The van der Waals surface area contributed by atoms with Crippen molar-refractivity contribution in [3.05, 3.63) is 35.5 Å². The summed E-state index contributed by atoms with van der Waals surface area (Å²) in [5, 5.41) is 7.32.